The SMILES string of the molecule is c1ccc(OCCCN2CCCC3CCCCC32)cc1. The van der Waals surface area contributed by atoms with Gasteiger partial charge in [0.25, 0.3) is 0 Å². The van der Waals surface area contributed by atoms with E-state index in [0.29, 0.717) is 0 Å². The predicted molar refractivity (Wildman–Crippen MR) is 83.1 cm³/mol. The van der Waals surface area contributed by atoms with E-state index in [0.717, 1.165) is 30.7 Å². The monoisotopic (exact) mass is 273 g/mol. The topological polar surface area (TPSA) is 12.5 Å². The number of piperidine rings is 1. The van der Waals surface area contributed by atoms with Crippen molar-refractivity contribution >= 4 is 0 Å². The number of likely N-dealkylation sites (tertiary alicyclic amines) is 1. The highest BCUT2D eigenvalue weighted by molar-refractivity contribution is 5.20. The number of hydrogen-bond acceptors (Lipinski definition) is 2. The molecular weight excluding hydrogens is 246 g/mol. The fourth-order valence-corrected chi connectivity index (χ4v) is 3.98. The molecule has 20 heavy (non-hydrogen) atoms. The summed E-state index contributed by atoms with van der Waals surface area (Å²) in [5.41, 5.74) is 0. The number of fused-ring (bicyclic) bond motifs is 1. The van der Waals surface area contributed by atoms with E-state index in [1.165, 1.54) is 51.6 Å². The first-order valence-electron chi connectivity index (χ1n) is 8.35. The van der Waals surface area contributed by atoms with E-state index in [4.69, 9.17) is 4.74 Å². The molecular formula is C18H27NO. The second-order valence-corrected chi connectivity index (χ2v) is 6.31. The van der Waals surface area contributed by atoms with Gasteiger partial charge in [0.15, 0.2) is 0 Å². The van der Waals surface area contributed by atoms with Crippen molar-refractivity contribution in [2.24, 2.45) is 5.92 Å². The summed E-state index contributed by atoms with van der Waals surface area (Å²) in [5, 5.41) is 0. The Balaban J connectivity index is 1.41. The molecule has 2 nitrogen and oxygen atoms in total. The Bertz CT molecular complexity index is 390. The first kappa shape index (κ1) is 13.9. The molecule has 0 amide bonds. The normalized spacial score (nSPS) is 27.0. The molecule has 2 aliphatic rings. The van der Waals surface area contributed by atoms with Crippen molar-refractivity contribution in [3.63, 3.8) is 0 Å². The van der Waals surface area contributed by atoms with Crippen molar-refractivity contribution in [3.8, 4) is 5.75 Å². The molecule has 1 aliphatic carbocycles. The third-order valence-electron chi connectivity index (χ3n) is 4.96. The van der Waals surface area contributed by atoms with E-state index < -0.39 is 0 Å². The molecule has 1 aromatic carbocycles. The molecule has 2 atom stereocenters. The molecule has 0 N–H and O–H groups in total. The number of ether oxygens (including phenoxy) is 1. The van der Waals surface area contributed by atoms with Crippen LogP contribution in [0.4, 0.5) is 0 Å². The lowest BCUT2D eigenvalue weighted by atomic mass is 9.78. The summed E-state index contributed by atoms with van der Waals surface area (Å²) in [6, 6.07) is 11.1. The van der Waals surface area contributed by atoms with Crippen molar-refractivity contribution in [1.29, 1.82) is 0 Å². The van der Waals surface area contributed by atoms with Crippen molar-refractivity contribution in [2.75, 3.05) is 19.7 Å². The summed E-state index contributed by atoms with van der Waals surface area (Å²) < 4.78 is 5.81. The zero-order valence-electron chi connectivity index (χ0n) is 12.5. The first-order valence-corrected chi connectivity index (χ1v) is 8.35. The fourth-order valence-electron chi connectivity index (χ4n) is 3.98. The summed E-state index contributed by atoms with van der Waals surface area (Å²) in [6.07, 6.45) is 9.84. The molecule has 0 radical (unpaired) electrons. The molecule has 1 aliphatic heterocycles. The molecule has 1 saturated carbocycles. The van der Waals surface area contributed by atoms with Gasteiger partial charge in [0, 0.05) is 12.6 Å². The van der Waals surface area contributed by atoms with E-state index >= 15 is 0 Å². The van der Waals surface area contributed by atoms with Gasteiger partial charge in [0.2, 0.25) is 0 Å². The first-order chi connectivity index (χ1) is 9.93. The largest absolute Gasteiger partial charge is 0.494 e. The van der Waals surface area contributed by atoms with Crippen LogP contribution in [0.5, 0.6) is 5.75 Å². The van der Waals surface area contributed by atoms with E-state index in [2.05, 4.69) is 4.90 Å². The van der Waals surface area contributed by atoms with Gasteiger partial charge in [-0.15, -0.1) is 0 Å². The summed E-state index contributed by atoms with van der Waals surface area (Å²) in [4.78, 5) is 2.75. The lowest BCUT2D eigenvalue weighted by Gasteiger charge is -2.44. The maximum atomic E-state index is 5.81. The minimum atomic E-state index is 0.845. The van der Waals surface area contributed by atoms with Crippen LogP contribution >= 0.6 is 0 Å². The van der Waals surface area contributed by atoms with Crippen molar-refractivity contribution in [2.45, 2.75) is 51.0 Å². The van der Waals surface area contributed by atoms with Crippen LogP contribution in [0.3, 0.4) is 0 Å². The molecule has 2 fully saturated rings. The molecule has 110 valence electrons. The molecule has 0 aromatic heterocycles. The number of benzene rings is 1. The van der Waals surface area contributed by atoms with Crippen molar-refractivity contribution in [1.82, 2.24) is 4.90 Å². The van der Waals surface area contributed by atoms with Gasteiger partial charge in [-0.3, -0.25) is 4.90 Å². The highest BCUT2D eigenvalue weighted by atomic mass is 16.5. The van der Waals surface area contributed by atoms with Crippen LogP contribution in [0, 0.1) is 5.92 Å². The fraction of sp³-hybridized carbons (Fsp3) is 0.667. The summed E-state index contributed by atoms with van der Waals surface area (Å²) in [6.45, 7) is 3.37. The van der Waals surface area contributed by atoms with Gasteiger partial charge in [-0.05, 0) is 56.7 Å². The number of nitrogens with zero attached hydrogens (tertiary/aromatic N) is 1. The average molecular weight is 273 g/mol. The molecule has 0 bridgehead atoms. The van der Waals surface area contributed by atoms with Gasteiger partial charge >= 0.3 is 0 Å². The maximum absolute atomic E-state index is 5.81. The number of hydrogen-bond donors (Lipinski definition) is 0. The molecule has 3 rings (SSSR count). The zero-order valence-corrected chi connectivity index (χ0v) is 12.5. The Morgan fingerprint density at radius 2 is 1.80 bits per heavy atom. The van der Waals surface area contributed by atoms with E-state index in [1.807, 2.05) is 30.3 Å². The van der Waals surface area contributed by atoms with Crippen LogP contribution in [0.1, 0.15) is 44.9 Å². The summed E-state index contributed by atoms with van der Waals surface area (Å²) in [7, 11) is 0. The highest BCUT2D eigenvalue weighted by Crippen LogP contribution is 2.35. The van der Waals surface area contributed by atoms with Gasteiger partial charge in [0.1, 0.15) is 5.75 Å². The second kappa shape index (κ2) is 7.12. The second-order valence-electron chi connectivity index (χ2n) is 6.31. The summed E-state index contributed by atoms with van der Waals surface area (Å²) >= 11 is 0. The van der Waals surface area contributed by atoms with Crippen LogP contribution in [-0.4, -0.2) is 30.6 Å². The Morgan fingerprint density at radius 3 is 2.70 bits per heavy atom. The quantitative estimate of drug-likeness (QED) is 0.749. The van der Waals surface area contributed by atoms with Gasteiger partial charge in [0.05, 0.1) is 6.61 Å². The predicted octanol–water partition coefficient (Wildman–Crippen LogP) is 4.11. The lowest BCUT2D eigenvalue weighted by Crippen LogP contribution is -2.47. The third-order valence-corrected chi connectivity index (χ3v) is 4.96. The molecule has 1 heterocycles. The van der Waals surface area contributed by atoms with Gasteiger partial charge in [-0.25, -0.2) is 0 Å². The third kappa shape index (κ3) is 3.54. The Hall–Kier alpha value is -1.02. The van der Waals surface area contributed by atoms with Crippen molar-refractivity contribution < 1.29 is 4.74 Å². The summed E-state index contributed by atoms with van der Waals surface area (Å²) in [5.74, 6) is 1.99. The van der Waals surface area contributed by atoms with Crippen LogP contribution in [-0.2, 0) is 0 Å². The molecule has 2 unspecified atom stereocenters. The number of rotatable bonds is 5. The number of para-hydroxylation sites is 1. The average Bonchev–Trinajstić information content (AvgIpc) is 2.53. The standard InChI is InChI=1S/C18H27NO/c1-2-10-17(11-3-1)20-15-7-14-19-13-6-9-16-8-4-5-12-18(16)19/h1-3,10-11,16,18H,4-9,12-15H2. The van der Waals surface area contributed by atoms with E-state index in [1.54, 1.807) is 0 Å². The van der Waals surface area contributed by atoms with Gasteiger partial charge in [-0.1, -0.05) is 31.0 Å². The Kier molecular flexibility index (Phi) is 4.96. The van der Waals surface area contributed by atoms with Gasteiger partial charge < -0.3 is 4.74 Å². The van der Waals surface area contributed by atoms with Crippen LogP contribution in [0.15, 0.2) is 30.3 Å². The van der Waals surface area contributed by atoms with E-state index in [-0.39, 0.29) is 0 Å². The van der Waals surface area contributed by atoms with Crippen molar-refractivity contribution in [3.05, 3.63) is 30.3 Å². The Morgan fingerprint density at radius 1 is 1.00 bits per heavy atom. The minimum absolute atomic E-state index is 0.845. The van der Waals surface area contributed by atoms with Gasteiger partial charge in [-0.2, -0.15) is 0 Å². The molecule has 0 spiro atoms. The van der Waals surface area contributed by atoms with Crippen LogP contribution in [0.2, 0.25) is 0 Å². The highest BCUT2D eigenvalue weighted by Gasteiger charge is 2.32. The van der Waals surface area contributed by atoms with E-state index in [9.17, 15) is 0 Å². The molecule has 1 saturated heterocycles. The molecule has 1 aromatic rings. The molecule has 2 heteroatoms. The van der Waals surface area contributed by atoms with Crippen LogP contribution < -0.4 is 4.74 Å². The minimum Gasteiger partial charge on any atom is -0.494 e. The smallest absolute Gasteiger partial charge is 0.119 e. The Labute approximate surface area is 123 Å². The maximum Gasteiger partial charge on any atom is 0.119 e. The lowest BCUT2D eigenvalue weighted by molar-refractivity contribution is 0.0568. The van der Waals surface area contributed by atoms with Crippen LogP contribution in [0.25, 0.3) is 0 Å². The zero-order chi connectivity index (χ0) is 13.6.